The molecule has 1 N–H and O–H groups in total. The number of carbonyl (C=O) groups excluding carboxylic acids is 2. The maximum absolute atomic E-state index is 13.0. The van der Waals surface area contributed by atoms with Crippen LogP contribution in [0.15, 0.2) is 24.4 Å². The fourth-order valence-electron chi connectivity index (χ4n) is 4.49. The van der Waals surface area contributed by atoms with Crippen molar-refractivity contribution in [2.45, 2.75) is 52.7 Å². The van der Waals surface area contributed by atoms with E-state index in [1.54, 1.807) is 4.90 Å². The summed E-state index contributed by atoms with van der Waals surface area (Å²) in [5.74, 6) is 1.35. The van der Waals surface area contributed by atoms with Gasteiger partial charge in [-0.1, -0.05) is 6.07 Å². The lowest BCUT2D eigenvalue weighted by Gasteiger charge is -2.27. The number of nitrogens with one attached hydrogen (secondary N) is 1. The number of amides is 2. The average Bonchev–Trinajstić information content (AvgIpc) is 2.95. The Morgan fingerprint density at radius 3 is 2.41 bits per heavy atom. The van der Waals surface area contributed by atoms with Crippen LogP contribution < -0.4 is 5.32 Å². The number of hydrogen-bond acceptors (Lipinski definition) is 4. The highest BCUT2D eigenvalue weighted by Gasteiger charge is 2.61. The zero-order chi connectivity index (χ0) is 21.1. The summed E-state index contributed by atoms with van der Waals surface area (Å²) in [6.07, 6.45) is 1.69. The molecule has 0 aromatic carbocycles. The Hall–Kier alpha value is -2.57. The van der Waals surface area contributed by atoms with Crippen molar-refractivity contribution in [1.82, 2.24) is 19.6 Å². The predicted octanol–water partition coefficient (Wildman–Crippen LogP) is 3.11. The van der Waals surface area contributed by atoms with Gasteiger partial charge in [-0.3, -0.25) is 4.79 Å². The van der Waals surface area contributed by atoms with Crippen LogP contribution in [0.5, 0.6) is 0 Å². The summed E-state index contributed by atoms with van der Waals surface area (Å²) in [6.45, 7) is 12.7. The molecule has 7 heteroatoms. The van der Waals surface area contributed by atoms with Gasteiger partial charge in [-0.05, 0) is 65.5 Å². The molecule has 2 aromatic heterocycles. The zero-order valence-corrected chi connectivity index (χ0v) is 18.0. The van der Waals surface area contributed by atoms with Crippen LogP contribution in [0, 0.1) is 24.7 Å². The lowest BCUT2D eigenvalue weighted by atomic mass is 9.98. The number of nitrogens with zero attached hydrogens (tertiary/aromatic N) is 3. The molecule has 2 unspecified atom stereocenters. The van der Waals surface area contributed by atoms with Crippen LogP contribution >= 0.6 is 0 Å². The summed E-state index contributed by atoms with van der Waals surface area (Å²) in [5, 5.41) is 3.20. The van der Waals surface area contributed by atoms with E-state index < -0.39 is 11.1 Å². The summed E-state index contributed by atoms with van der Waals surface area (Å²) in [5.41, 5.74) is 0.781. The second-order valence-corrected chi connectivity index (χ2v) is 9.82. The molecule has 7 nitrogen and oxygen atoms in total. The highest BCUT2D eigenvalue weighted by molar-refractivity contribution is 5.84. The van der Waals surface area contributed by atoms with Crippen molar-refractivity contribution in [3.8, 4) is 0 Å². The van der Waals surface area contributed by atoms with Crippen LogP contribution in [-0.2, 0) is 15.1 Å². The lowest BCUT2D eigenvalue weighted by molar-refractivity contribution is -0.125. The van der Waals surface area contributed by atoms with Gasteiger partial charge in [0.2, 0.25) is 5.91 Å². The minimum atomic E-state index is -0.584. The zero-order valence-electron chi connectivity index (χ0n) is 18.0. The Morgan fingerprint density at radius 1 is 1.14 bits per heavy atom. The molecule has 3 heterocycles. The quantitative estimate of drug-likeness (QED) is 0.862. The third-order valence-corrected chi connectivity index (χ3v) is 5.90. The molecule has 0 radical (unpaired) electrons. The molecule has 1 saturated carbocycles. The van der Waals surface area contributed by atoms with Crippen LogP contribution in [0.25, 0.3) is 5.52 Å². The van der Waals surface area contributed by atoms with Crippen LogP contribution in [-0.4, -0.2) is 45.0 Å². The molecule has 2 aliphatic rings. The maximum atomic E-state index is 13.0. The Labute approximate surface area is 171 Å². The first kappa shape index (κ1) is 19.7. The number of carbonyl (C=O) groups is 2. The molecular formula is C22H30N4O3. The van der Waals surface area contributed by atoms with Gasteiger partial charge in [-0.25, -0.2) is 9.78 Å². The van der Waals surface area contributed by atoms with E-state index in [-0.39, 0.29) is 29.8 Å². The molecule has 1 aliphatic carbocycles. The van der Waals surface area contributed by atoms with Crippen molar-refractivity contribution >= 4 is 17.5 Å². The Balaban J connectivity index is 1.41. The van der Waals surface area contributed by atoms with Crippen LogP contribution in [0.1, 0.15) is 46.1 Å². The molecule has 1 saturated heterocycles. The molecule has 1 aliphatic heterocycles. The van der Waals surface area contributed by atoms with Gasteiger partial charge in [-0.2, -0.15) is 0 Å². The summed E-state index contributed by atoms with van der Waals surface area (Å²) in [4.78, 5) is 31.7. The number of aromatic nitrogens is 2. The number of rotatable bonds is 3. The number of imidazole rings is 1. The van der Waals surface area contributed by atoms with E-state index in [1.807, 2.05) is 70.3 Å². The molecule has 0 spiro atoms. The first-order chi connectivity index (χ1) is 13.5. The van der Waals surface area contributed by atoms with E-state index in [0.29, 0.717) is 13.1 Å². The van der Waals surface area contributed by atoms with Crippen molar-refractivity contribution in [1.29, 1.82) is 0 Å². The Bertz CT molecular complexity index is 960. The van der Waals surface area contributed by atoms with Crippen molar-refractivity contribution in [3.63, 3.8) is 0 Å². The van der Waals surface area contributed by atoms with Crippen molar-refractivity contribution in [2.24, 2.45) is 17.8 Å². The number of likely N-dealkylation sites (tertiary alicyclic amines) is 1. The Morgan fingerprint density at radius 2 is 1.79 bits per heavy atom. The molecule has 2 aromatic rings. The number of hydrogen-bond donors (Lipinski definition) is 1. The minimum Gasteiger partial charge on any atom is -0.444 e. The van der Waals surface area contributed by atoms with Crippen molar-refractivity contribution in [3.05, 3.63) is 35.9 Å². The van der Waals surface area contributed by atoms with Crippen molar-refractivity contribution < 1.29 is 14.3 Å². The van der Waals surface area contributed by atoms with E-state index in [2.05, 4.69) is 5.32 Å². The minimum absolute atomic E-state index is 0.0389. The van der Waals surface area contributed by atoms with Crippen LogP contribution in [0.3, 0.4) is 0 Å². The van der Waals surface area contributed by atoms with Gasteiger partial charge in [0.05, 0.1) is 16.7 Å². The normalized spacial score (nSPS) is 23.8. The van der Waals surface area contributed by atoms with Crippen LogP contribution in [0.4, 0.5) is 4.79 Å². The average molecular weight is 399 g/mol. The third kappa shape index (κ3) is 3.58. The van der Waals surface area contributed by atoms with Gasteiger partial charge in [0.1, 0.15) is 11.4 Å². The molecular weight excluding hydrogens is 368 g/mol. The molecule has 2 fully saturated rings. The number of aryl methyl sites for hydroxylation is 1. The van der Waals surface area contributed by atoms with E-state index in [9.17, 15) is 9.59 Å². The molecule has 4 rings (SSSR count). The Kier molecular flexibility index (Phi) is 4.40. The molecule has 156 valence electrons. The predicted molar refractivity (Wildman–Crippen MR) is 109 cm³/mol. The van der Waals surface area contributed by atoms with Crippen molar-refractivity contribution in [2.75, 3.05) is 13.1 Å². The topological polar surface area (TPSA) is 75.9 Å². The molecule has 2 atom stereocenters. The molecule has 2 amide bonds. The third-order valence-electron chi connectivity index (χ3n) is 5.90. The van der Waals surface area contributed by atoms with Gasteiger partial charge >= 0.3 is 6.09 Å². The van der Waals surface area contributed by atoms with Gasteiger partial charge < -0.3 is 19.4 Å². The van der Waals surface area contributed by atoms with E-state index in [4.69, 9.17) is 9.72 Å². The fourth-order valence-corrected chi connectivity index (χ4v) is 4.49. The summed E-state index contributed by atoms with van der Waals surface area (Å²) >= 11 is 0. The first-order valence-corrected chi connectivity index (χ1v) is 10.2. The second-order valence-electron chi connectivity index (χ2n) is 9.82. The van der Waals surface area contributed by atoms with E-state index in [1.165, 1.54) is 0 Å². The highest BCUT2D eigenvalue weighted by Crippen LogP contribution is 2.52. The largest absolute Gasteiger partial charge is 0.444 e. The number of piperidine rings is 1. The highest BCUT2D eigenvalue weighted by atomic mass is 16.6. The number of fused-ring (bicyclic) bond motifs is 2. The standard InChI is InChI=1S/C22H30N4O3/c1-13-23-18(16-9-7-8-10-26(13)16)22(5,6)24-19(27)17-14-11-25(12-15(14)17)20(28)29-21(2,3)4/h7-10,14-15,17H,11-12H2,1-6H3,(H,24,27). The van der Waals surface area contributed by atoms with Gasteiger partial charge in [0.15, 0.2) is 0 Å². The first-order valence-electron chi connectivity index (χ1n) is 10.2. The summed E-state index contributed by atoms with van der Waals surface area (Å²) < 4.78 is 7.48. The monoisotopic (exact) mass is 398 g/mol. The second kappa shape index (κ2) is 6.47. The molecule has 29 heavy (non-hydrogen) atoms. The maximum Gasteiger partial charge on any atom is 0.410 e. The summed E-state index contributed by atoms with van der Waals surface area (Å²) in [6, 6.07) is 5.97. The SMILES string of the molecule is Cc1nc(C(C)(C)NC(=O)C2C3CN(C(=O)OC(C)(C)C)CC32)c2ccccn12. The number of ether oxygens (including phenoxy) is 1. The summed E-state index contributed by atoms with van der Waals surface area (Å²) in [7, 11) is 0. The van der Waals surface area contributed by atoms with Gasteiger partial charge in [-0.15, -0.1) is 0 Å². The van der Waals surface area contributed by atoms with E-state index in [0.717, 1.165) is 17.0 Å². The van der Waals surface area contributed by atoms with Gasteiger partial charge in [0.25, 0.3) is 0 Å². The smallest absolute Gasteiger partial charge is 0.410 e. The number of pyridine rings is 1. The fraction of sp³-hybridized carbons (Fsp3) is 0.591. The van der Waals surface area contributed by atoms with Crippen LogP contribution in [0.2, 0.25) is 0 Å². The van der Waals surface area contributed by atoms with E-state index >= 15 is 0 Å². The lowest BCUT2D eigenvalue weighted by Crippen LogP contribution is -2.44. The van der Waals surface area contributed by atoms with Gasteiger partial charge in [0, 0.05) is 25.2 Å². The molecule has 0 bridgehead atoms.